The summed E-state index contributed by atoms with van der Waals surface area (Å²) in [5, 5.41) is 1.93. The second-order valence-electron chi connectivity index (χ2n) is 6.14. The van der Waals surface area contributed by atoms with Crippen molar-refractivity contribution in [2.75, 3.05) is 16.6 Å². The fourth-order valence-corrected chi connectivity index (χ4v) is 3.82. The fourth-order valence-electron chi connectivity index (χ4n) is 2.43. The van der Waals surface area contributed by atoms with Crippen LogP contribution < -0.4 is 14.8 Å². The molecule has 1 amide bonds. The van der Waals surface area contributed by atoms with Crippen molar-refractivity contribution in [3.8, 4) is 5.75 Å². The van der Waals surface area contributed by atoms with Crippen LogP contribution in [-0.2, 0) is 14.8 Å². The molecule has 0 fully saturated rings. The molecule has 2 N–H and O–H groups in total. The number of carbonyl (C=O) groups excluding carboxylic acids is 1. The van der Waals surface area contributed by atoms with Gasteiger partial charge in [-0.1, -0.05) is 17.7 Å². The average molecular weight is 471 g/mol. The summed E-state index contributed by atoms with van der Waals surface area (Å²) in [7, 11) is -4.02. The molecule has 6 nitrogen and oxygen atoms in total. The number of ether oxygens (including phenoxy) is 1. The highest BCUT2D eigenvalue weighted by Crippen LogP contribution is 2.28. The summed E-state index contributed by atoms with van der Waals surface area (Å²) in [6.45, 7) is -0.632. The SMILES string of the molecule is O=C(COc1ccc(S(=O)(=O)Nc2ccc(F)cc2)cc1Cl)Nc1c(F)cccc1F. The number of para-hydroxylation sites is 1. The minimum Gasteiger partial charge on any atom is -0.482 e. The van der Waals surface area contributed by atoms with E-state index in [-0.39, 0.29) is 21.4 Å². The molecule has 31 heavy (non-hydrogen) atoms. The molecule has 0 saturated heterocycles. The normalized spacial score (nSPS) is 11.1. The van der Waals surface area contributed by atoms with Gasteiger partial charge in [-0.15, -0.1) is 0 Å². The maximum Gasteiger partial charge on any atom is 0.262 e. The van der Waals surface area contributed by atoms with Gasteiger partial charge >= 0.3 is 0 Å². The molecule has 0 bridgehead atoms. The summed E-state index contributed by atoms with van der Waals surface area (Å²) in [5.74, 6) is -3.29. The van der Waals surface area contributed by atoms with E-state index in [0.29, 0.717) is 0 Å². The molecule has 0 aliphatic carbocycles. The highest BCUT2D eigenvalue weighted by Gasteiger charge is 2.18. The Balaban J connectivity index is 1.66. The van der Waals surface area contributed by atoms with E-state index >= 15 is 0 Å². The molecule has 0 unspecified atom stereocenters. The van der Waals surface area contributed by atoms with Gasteiger partial charge in [0.15, 0.2) is 6.61 Å². The van der Waals surface area contributed by atoms with Crippen LogP contribution >= 0.6 is 11.6 Å². The molecule has 0 spiro atoms. The highest BCUT2D eigenvalue weighted by atomic mass is 35.5. The van der Waals surface area contributed by atoms with E-state index < -0.39 is 45.7 Å². The lowest BCUT2D eigenvalue weighted by Crippen LogP contribution is -2.21. The largest absolute Gasteiger partial charge is 0.482 e. The molecule has 0 heterocycles. The van der Waals surface area contributed by atoms with Gasteiger partial charge in [-0.2, -0.15) is 0 Å². The lowest BCUT2D eigenvalue weighted by atomic mass is 10.3. The number of halogens is 4. The first-order chi connectivity index (χ1) is 14.7. The number of hydrogen-bond acceptors (Lipinski definition) is 4. The Kier molecular flexibility index (Phi) is 6.71. The monoisotopic (exact) mass is 470 g/mol. The smallest absolute Gasteiger partial charge is 0.262 e. The van der Waals surface area contributed by atoms with Crippen molar-refractivity contribution in [1.82, 2.24) is 0 Å². The molecule has 0 atom stereocenters. The number of sulfonamides is 1. The zero-order valence-corrected chi connectivity index (χ0v) is 17.1. The third kappa shape index (κ3) is 5.68. The van der Waals surface area contributed by atoms with Crippen LogP contribution in [0.25, 0.3) is 0 Å². The average Bonchev–Trinajstić information content (AvgIpc) is 2.71. The lowest BCUT2D eigenvalue weighted by Gasteiger charge is -2.12. The van der Waals surface area contributed by atoms with Gasteiger partial charge in [-0.25, -0.2) is 21.6 Å². The number of anilines is 2. The van der Waals surface area contributed by atoms with Crippen LogP contribution in [0.1, 0.15) is 0 Å². The molecule has 0 aliphatic heterocycles. The molecular formula is C20H14ClF3N2O4S. The van der Waals surface area contributed by atoms with Gasteiger partial charge in [-0.3, -0.25) is 9.52 Å². The van der Waals surface area contributed by atoms with Crippen molar-refractivity contribution in [3.05, 3.63) is 83.1 Å². The Morgan fingerprint density at radius 2 is 1.61 bits per heavy atom. The van der Waals surface area contributed by atoms with Crippen LogP contribution in [0.3, 0.4) is 0 Å². The standard InChI is InChI=1S/C20H14ClF3N2O4S/c21-15-10-14(31(28,29)26-13-6-4-12(22)5-7-13)8-9-18(15)30-11-19(27)25-20-16(23)2-1-3-17(20)24/h1-10,26H,11H2,(H,25,27). The Morgan fingerprint density at radius 1 is 0.968 bits per heavy atom. The summed E-state index contributed by atoms with van der Waals surface area (Å²) in [6, 6.07) is 11.3. The summed E-state index contributed by atoms with van der Waals surface area (Å²) in [5.41, 5.74) is -0.467. The van der Waals surface area contributed by atoms with Gasteiger partial charge in [-0.05, 0) is 54.6 Å². The molecule has 0 aromatic heterocycles. The van der Waals surface area contributed by atoms with Crippen molar-refractivity contribution in [1.29, 1.82) is 0 Å². The molecule has 162 valence electrons. The van der Waals surface area contributed by atoms with Crippen molar-refractivity contribution >= 4 is 38.9 Å². The summed E-state index contributed by atoms with van der Waals surface area (Å²) in [6.07, 6.45) is 0. The van der Waals surface area contributed by atoms with Crippen LogP contribution in [0.2, 0.25) is 5.02 Å². The van der Waals surface area contributed by atoms with E-state index in [1.165, 1.54) is 24.3 Å². The summed E-state index contributed by atoms with van der Waals surface area (Å²) < 4.78 is 72.5. The van der Waals surface area contributed by atoms with Crippen molar-refractivity contribution in [3.63, 3.8) is 0 Å². The molecule has 3 rings (SSSR count). The number of hydrogen-bond donors (Lipinski definition) is 2. The van der Waals surface area contributed by atoms with E-state index in [9.17, 15) is 26.4 Å². The first-order valence-corrected chi connectivity index (χ1v) is 10.5. The van der Waals surface area contributed by atoms with Gasteiger partial charge in [0.05, 0.1) is 9.92 Å². The summed E-state index contributed by atoms with van der Waals surface area (Å²) in [4.78, 5) is 11.7. The fraction of sp³-hybridized carbons (Fsp3) is 0.0500. The second kappa shape index (κ2) is 9.27. The van der Waals surface area contributed by atoms with Gasteiger partial charge < -0.3 is 10.1 Å². The molecule has 0 radical (unpaired) electrons. The van der Waals surface area contributed by atoms with Gasteiger partial charge in [0.1, 0.15) is 28.9 Å². The maximum absolute atomic E-state index is 13.6. The predicted octanol–water partition coefficient (Wildman–Crippen LogP) is 4.58. The number of benzene rings is 3. The van der Waals surface area contributed by atoms with Crippen LogP contribution in [-0.4, -0.2) is 20.9 Å². The molecule has 3 aromatic rings. The molecule has 11 heteroatoms. The van der Waals surface area contributed by atoms with Gasteiger partial charge in [0.25, 0.3) is 15.9 Å². The Labute approximate surface area is 180 Å². The predicted molar refractivity (Wildman–Crippen MR) is 109 cm³/mol. The van der Waals surface area contributed by atoms with Crippen molar-refractivity contribution < 1.29 is 31.1 Å². The molecule has 3 aromatic carbocycles. The zero-order chi connectivity index (χ0) is 22.6. The van der Waals surface area contributed by atoms with E-state index in [1.54, 1.807) is 0 Å². The van der Waals surface area contributed by atoms with Gasteiger partial charge in [0.2, 0.25) is 0 Å². The van der Waals surface area contributed by atoms with Crippen molar-refractivity contribution in [2.24, 2.45) is 0 Å². The van der Waals surface area contributed by atoms with Crippen molar-refractivity contribution in [2.45, 2.75) is 4.90 Å². The Bertz CT molecular complexity index is 1200. The minimum atomic E-state index is -4.02. The number of rotatable bonds is 7. The number of amides is 1. The first-order valence-electron chi connectivity index (χ1n) is 8.60. The third-order valence-electron chi connectivity index (χ3n) is 3.90. The van der Waals surface area contributed by atoms with Crippen LogP contribution in [0.15, 0.2) is 65.6 Å². The second-order valence-corrected chi connectivity index (χ2v) is 8.23. The first kappa shape index (κ1) is 22.4. The summed E-state index contributed by atoms with van der Waals surface area (Å²) >= 11 is 6.03. The van der Waals surface area contributed by atoms with Crippen LogP contribution in [0, 0.1) is 17.5 Å². The van der Waals surface area contributed by atoms with E-state index in [1.807, 2.05) is 5.32 Å². The van der Waals surface area contributed by atoms with E-state index in [4.69, 9.17) is 16.3 Å². The molecule has 0 aliphatic rings. The number of nitrogens with one attached hydrogen (secondary N) is 2. The maximum atomic E-state index is 13.6. The quantitative estimate of drug-likeness (QED) is 0.529. The van der Waals surface area contributed by atoms with E-state index in [2.05, 4.69) is 4.72 Å². The van der Waals surface area contributed by atoms with Crippen LogP contribution in [0.4, 0.5) is 24.5 Å². The lowest BCUT2D eigenvalue weighted by molar-refractivity contribution is -0.118. The van der Waals surface area contributed by atoms with E-state index in [0.717, 1.165) is 36.4 Å². The molecule has 0 saturated carbocycles. The number of carbonyl (C=O) groups is 1. The third-order valence-corrected chi connectivity index (χ3v) is 5.57. The minimum absolute atomic E-state index is 0.0217. The topological polar surface area (TPSA) is 84.5 Å². The highest BCUT2D eigenvalue weighted by molar-refractivity contribution is 7.92. The molecular weight excluding hydrogens is 457 g/mol. The zero-order valence-electron chi connectivity index (χ0n) is 15.5. The van der Waals surface area contributed by atoms with Gasteiger partial charge in [0, 0.05) is 5.69 Å². The Morgan fingerprint density at radius 3 is 2.23 bits per heavy atom. The Hall–Kier alpha value is -3.24. The van der Waals surface area contributed by atoms with Crippen LogP contribution in [0.5, 0.6) is 5.75 Å².